The van der Waals surface area contributed by atoms with Crippen LogP contribution in [-0.2, 0) is 25.5 Å². The van der Waals surface area contributed by atoms with E-state index in [-0.39, 0.29) is 31.1 Å². The molecule has 0 aliphatic carbocycles. The van der Waals surface area contributed by atoms with Gasteiger partial charge in [-0.3, -0.25) is 19.7 Å². The Labute approximate surface area is 146 Å². The molecule has 1 heterocycles. The lowest BCUT2D eigenvalue weighted by atomic mass is 10.0. The largest absolute Gasteiger partial charge is 0.460 e. The minimum atomic E-state index is -0.767. The van der Waals surface area contributed by atoms with Crippen molar-refractivity contribution in [2.45, 2.75) is 31.5 Å². The quantitative estimate of drug-likeness (QED) is 0.330. The molecule has 7 heteroatoms. The van der Waals surface area contributed by atoms with E-state index in [9.17, 15) is 14.4 Å². The summed E-state index contributed by atoms with van der Waals surface area (Å²) in [5.41, 5.74) is 0.911. The first-order chi connectivity index (χ1) is 12.0. The number of ether oxygens (including phenoxy) is 1. The van der Waals surface area contributed by atoms with Crippen molar-refractivity contribution in [3.63, 3.8) is 0 Å². The fraction of sp³-hybridized carbons (Fsp3) is 0.389. The van der Waals surface area contributed by atoms with Crippen LogP contribution in [-0.4, -0.2) is 49.1 Å². The molecule has 0 spiro atoms. The van der Waals surface area contributed by atoms with Crippen LogP contribution in [0.2, 0.25) is 0 Å². The highest BCUT2D eigenvalue weighted by Gasteiger charge is 2.39. The Morgan fingerprint density at radius 2 is 2.00 bits per heavy atom. The Morgan fingerprint density at radius 1 is 1.32 bits per heavy atom. The average molecular weight is 345 g/mol. The Bertz CT molecular complexity index is 632. The summed E-state index contributed by atoms with van der Waals surface area (Å²) >= 11 is 0. The van der Waals surface area contributed by atoms with E-state index in [1.54, 1.807) is 0 Å². The maximum Gasteiger partial charge on any atom is 0.325 e. The van der Waals surface area contributed by atoms with Crippen molar-refractivity contribution in [2.75, 3.05) is 13.2 Å². The minimum Gasteiger partial charge on any atom is -0.460 e. The third-order valence-electron chi connectivity index (χ3n) is 3.80. The molecule has 0 aromatic heterocycles. The van der Waals surface area contributed by atoms with Crippen LogP contribution < -0.4 is 16.0 Å². The molecule has 7 nitrogen and oxygen atoms in total. The van der Waals surface area contributed by atoms with E-state index in [0.717, 1.165) is 5.56 Å². The molecule has 0 saturated carbocycles. The number of nitrogens with one attached hydrogen (secondary N) is 3. The number of hydrogen-bond acceptors (Lipinski definition) is 5. The van der Waals surface area contributed by atoms with E-state index in [1.807, 2.05) is 37.3 Å². The summed E-state index contributed by atoms with van der Waals surface area (Å²) in [7, 11) is 0. The number of amides is 2. The van der Waals surface area contributed by atoms with Gasteiger partial charge in [-0.25, -0.2) is 0 Å². The van der Waals surface area contributed by atoms with Crippen LogP contribution in [0.1, 0.15) is 12.5 Å². The van der Waals surface area contributed by atoms with Gasteiger partial charge in [0.25, 0.3) is 0 Å². The first-order valence-electron chi connectivity index (χ1n) is 8.16. The SMILES string of the molecule is C=CCOC(=O)CNC(=O)[C@H](Cc1ccccc1)NC(=O)[C@H]1NC1C. The van der Waals surface area contributed by atoms with Crippen LogP contribution >= 0.6 is 0 Å². The van der Waals surface area contributed by atoms with Crippen molar-refractivity contribution in [2.24, 2.45) is 0 Å². The molecule has 2 amide bonds. The van der Waals surface area contributed by atoms with Gasteiger partial charge in [-0.1, -0.05) is 43.0 Å². The van der Waals surface area contributed by atoms with Gasteiger partial charge in [-0.15, -0.1) is 0 Å². The summed E-state index contributed by atoms with van der Waals surface area (Å²) in [6.45, 7) is 5.17. The van der Waals surface area contributed by atoms with Gasteiger partial charge in [0, 0.05) is 12.5 Å². The maximum absolute atomic E-state index is 12.4. The Hall–Kier alpha value is -2.67. The van der Waals surface area contributed by atoms with E-state index in [4.69, 9.17) is 4.74 Å². The average Bonchev–Trinajstić information content (AvgIpc) is 3.35. The number of carbonyl (C=O) groups excluding carboxylic acids is 3. The third kappa shape index (κ3) is 6.04. The van der Waals surface area contributed by atoms with Gasteiger partial charge in [0.2, 0.25) is 11.8 Å². The predicted molar refractivity (Wildman–Crippen MR) is 92.6 cm³/mol. The number of esters is 1. The molecule has 1 fully saturated rings. The van der Waals surface area contributed by atoms with Crippen molar-refractivity contribution in [1.29, 1.82) is 0 Å². The van der Waals surface area contributed by atoms with E-state index in [2.05, 4.69) is 22.5 Å². The fourth-order valence-corrected chi connectivity index (χ4v) is 2.34. The van der Waals surface area contributed by atoms with Gasteiger partial charge < -0.3 is 15.4 Å². The van der Waals surface area contributed by atoms with Crippen molar-refractivity contribution in [1.82, 2.24) is 16.0 Å². The van der Waals surface area contributed by atoms with Crippen molar-refractivity contribution < 1.29 is 19.1 Å². The van der Waals surface area contributed by atoms with Crippen LogP contribution in [0.5, 0.6) is 0 Å². The van der Waals surface area contributed by atoms with Crippen LogP contribution in [0.3, 0.4) is 0 Å². The van der Waals surface area contributed by atoms with Crippen LogP contribution in [0.15, 0.2) is 43.0 Å². The molecule has 3 N–H and O–H groups in total. The van der Waals surface area contributed by atoms with Crippen molar-refractivity contribution in [3.8, 4) is 0 Å². The molecule has 134 valence electrons. The van der Waals surface area contributed by atoms with Crippen LogP contribution in [0.4, 0.5) is 0 Å². The summed E-state index contributed by atoms with van der Waals surface area (Å²) in [6, 6.07) is 8.43. The standard InChI is InChI=1S/C18H23N3O4/c1-3-9-25-15(22)11-19-17(23)14(10-13-7-5-4-6-8-13)21-18(24)16-12(2)20-16/h3-8,12,14,16,20H,1,9-11H2,2H3,(H,19,23)(H,21,24)/t12?,14-,16-/m0/s1. The minimum absolute atomic E-state index is 0.0874. The van der Waals surface area contributed by atoms with Crippen LogP contribution in [0.25, 0.3) is 0 Å². The number of carbonyl (C=O) groups is 3. The highest BCUT2D eigenvalue weighted by Crippen LogP contribution is 2.10. The van der Waals surface area contributed by atoms with Gasteiger partial charge in [0.15, 0.2) is 0 Å². The predicted octanol–water partition coefficient (Wildman–Crippen LogP) is -0.0804. The second kappa shape index (κ2) is 8.98. The molecular weight excluding hydrogens is 322 g/mol. The lowest BCUT2D eigenvalue weighted by Gasteiger charge is -2.18. The highest BCUT2D eigenvalue weighted by molar-refractivity contribution is 5.92. The van der Waals surface area contributed by atoms with E-state index < -0.39 is 17.9 Å². The summed E-state index contributed by atoms with van der Waals surface area (Å²) in [5.74, 6) is -1.21. The first kappa shape index (κ1) is 18.7. The highest BCUT2D eigenvalue weighted by atomic mass is 16.5. The first-order valence-corrected chi connectivity index (χ1v) is 8.16. The summed E-state index contributed by atoms with van der Waals surface area (Å²) in [4.78, 5) is 36.0. The molecule has 1 aromatic carbocycles. The maximum atomic E-state index is 12.4. The lowest BCUT2D eigenvalue weighted by molar-refractivity contribution is -0.143. The van der Waals surface area contributed by atoms with Crippen LogP contribution in [0, 0.1) is 0 Å². The molecule has 25 heavy (non-hydrogen) atoms. The zero-order chi connectivity index (χ0) is 18.2. The fourth-order valence-electron chi connectivity index (χ4n) is 2.34. The van der Waals surface area contributed by atoms with Gasteiger partial charge >= 0.3 is 5.97 Å². The molecule has 0 radical (unpaired) electrons. The Morgan fingerprint density at radius 3 is 2.60 bits per heavy atom. The Kier molecular flexibility index (Phi) is 6.71. The van der Waals surface area contributed by atoms with Gasteiger partial charge in [0.1, 0.15) is 25.2 Å². The smallest absolute Gasteiger partial charge is 0.325 e. The second-order valence-electron chi connectivity index (χ2n) is 5.87. The number of rotatable bonds is 9. The van der Waals surface area contributed by atoms with Gasteiger partial charge in [0.05, 0.1) is 0 Å². The number of benzene rings is 1. The molecule has 1 aromatic rings. The monoisotopic (exact) mass is 345 g/mol. The van der Waals surface area contributed by atoms with Gasteiger partial charge in [-0.2, -0.15) is 0 Å². The van der Waals surface area contributed by atoms with Crippen molar-refractivity contribution >= 4 is 17.8 Å². The second-order valence-corrected chi connectivity index (χ2v) is 5.87. The summed E-state index contributed by atoms with van der Waals surface area (Å²) in [6.07, 6.45) is 1.78. The summed E-state index contributed by atoms with van der Waals surface area (Å²) in [5, 5.41) is 8.23. The van der Waals surface area contributed by atoms with Crippen molar-refractivity contribution in [3.05, 3.63) is 48.6 Å². The zero-order valence-electron chi connectivity index (χ0n) is 14.2. The molecule has 1 aliphatic heterocycles. The molecule has 1 unspecified atom stereocenters. The summed E-state index contributed by atoms with van der Waals surface area (Å²) < 4.78 is 4.81. The zero-order valence-corrected chi connectivity index (χ0v) is 14.2. The molecule has 3 atom stereocenters. The molecule has 0 bridgehead atoms. The topological polar surface area (TPSA) is 106 Å². The third-order valence-corrected chi connectivity index (χ3v) is 3.80. The van der Waals surface area contributed by atoms with E-state index >= 15 is 0 Å². The Balaban J connectivity index is 1.94. The number of hydrogen-bond donors (Lipinski definition) is 3. The normalized spacial score (nSPS) is 19.4. The van der Waals surface area contributed by atoms with Gasteiger partial charge in [-0.05, 0) is 12.5 Å². The molecule has 2 rings (SSSR count). The molecule has 1 saturated heterocycles. The van der Waals surface area contributed by atoms with E-state index in [1.165, 1.54) is 6.08 Å². The molecule has 1 aliphatic rings. The lowest BCUT2D eigenvalue weighted by Crippen LogP contribution is -2.50. The van der Waals surface area contributed by atoms with E-state index in [0.29, 0.717) is 6.42 Å². The molecular formula is C18H23N3O4.